The summed E-state index contributed by atoms with van der Waals surface area (Å²) >= 11 is 0. The Labute approximate surface area is 111 Å². The fourth-order valence-electron chi connectivity index (χ4n) is 1.86. The van der Waals surface area contributed by atoms with Crippen molar-refractivity contribution in [2.75, 3.05) is 0 Å². The first-order valence-electron chi connectivity index (χ1n) is 5.98. The van der Waals surface area contributed by atoms with Crippen LogP contribution in [0.2, 0.25) is 0 Å². The molecule has 2 aromatic rings. The fourth-order valence-corrected chi connectivity index (χ4v) is 1.86. The molecular weight excluding hydrogens is 244 g/mol. The molecule has 1 aromatic carbocycles. The van der Waals surface area contributed by atoms with E-state index in [0.717, 1.165) is 22.4 Å². The van der Waals surface area contributed by atoms with Gasteiger partial charge in [0.15, 0.2) is 0 Å². The molecule has 0 spiro atoms. The van der Waals surface area contributed by atoms with Crippen molar-refractivity contribution in [3.05, 3.63) is 52.5 Å². The Morgan fingerprint density at radius 2 is 2.00 bits per heavy atom. The molecule has 0 saturated heterocycles. The molecule has 0 bridgehead atoms. The van der Waals surface area contributed by atoms with Gasteiger partial charge in [-0.3, -0.25) is 0 Å². The summed E-state index contributed by atoms with van der Waals surface area (Å²) < 4.78 is 10.8. The molecule has 0 aliphatic rings. The Bertz CT molecular complexity index is 611. The van der Waals surface area contributed by atoms with Crippen LogP contribution in [0.25, 0.3) is 0 Å². The van der Waals surface area contributed by atoms with E-state index in [0.29, 0.717) is 5.76 Å². The molecule has 1 heterocycles. The van der Waals surface area contributed by atoms with Gasteiger partial charge < -0.3 is 19.1 Å². The zero-order chi connectivity index (χ0) is 14.0. The van der Waals surface area contributed by atoms with Crippen molar-refractivity contribution in [2.45, 2.75) is 27.4 Å². The highest BCUT2D eigenvalue weighted by Gasteiger charge is 2.07. The third-order valence-corrected chi connectivity index (χ3v) is 3.00. The van der Waals surface area contributed by atoms with Gasteiger partial charge >= 0.3 is 0 Å². The lowest BCUT2D eigenvalue weighted by molar-refractivity contribution is -0.257. The number of aryl methyl sites for hydroxylation is 2. The number of carboxylic acid groups (broad SMARTS) is 1. The number of carbonyl (C=O) groups is 1. The maximum atomic E-state index is 10.6. The lowest BCUT2D eigenvalue weighted by Gasteiger charge is -2.11. The van der Waals surface area contributed by atoms with Crippen molar-refractivity contribution in [1.29, 1.82) is 0 Å². The molecule has 0 unspecified atom stereocenters. The highest BCUT2D eigenvalue weighted by atomic mass is 16.5. The zero-order valence-electron chi connectivity index (χ0n) is 11.1. The molecule has 0 radical (unpaired) electrons. The van der Waals surface area contributed by atoms with Gasteiger partial charge in [0.1, 0.15) is 29.8 Å². The van der Waals surface area contributed by atoms with Crippen LogP contribution in [-0.2, 0) is 6.61 Å². The van der Waals surface area contributed by atoms with Crippen molar-refractivity contribution in [3.8, 4) is 5.75 Å². The Hall–Kier alpha value is -2.23. The van der Waals surface area contributed by atoms with Crippen molar-refractivity contribution in [3.63, 3.8) is 0 Å². The van der Waals surface area contributed by atoms with Crippen molar-refractivity contribution in [1.82, 2.24) is 0 Å². The molecule has 19 heavy (non-hydrogen) atoms. The third kappa shape index (κ3) is 2.96. The number of hydrogen-bond donors (Lipinski definition) is 0. The van der Waals surface area contributed by atoms with Crippen LogP contribution in [0.15, 0.2) is 28.7 Å². The summed E-state index contributed by atoms with van der Waals surface area (Å²) in [6.07, 6.45) is 0. The predicted octanol–water partition coefficient (Wildman–Crippen LogP) is 2.15. The molecule has 2 rings (SSSR count). The van der Waals surface area contributed by atoms with Crippen LogP contribution in [0.1, 0.15) is 33.0 Å². The van der Waals surface area contributed by atoms with Crippen LogP contribution < -0.4 is 9.84 Å². The lowest BCUT2D eigenvalue weighted by Crippen LogP contribution is -2.21. The van der Waals surface area contributed by atoms with Gasteiger partial charge in [-0.15, -0.1) is 0 Å². The number of hydrogen-bond acceptors (Lipinski definition) is 4. The van der Waals surface area contributed by atoms with Crippen molar-refractivity contribution in [2.24, 2.45) is 0 Å². The maximum Gasteiger partial charge on any atom is 0.149 e. The summed E-state index contributed by atoms with van der Waals surface area (Å²) in [6, 6.07) is 6.97. The second kappa shape index (κ2) is 5.18. The summed E-state index contributed by atoms with van der Waals surface area (Å²) in [5.41, 5.74) is 3.34. The van der Waals surface area contributed by atoms with Crippen LogP contribution in [0.3, 0.4) is 0 Å². The topological polar surface area (TPSA) is 62.5 Å². The summed E-state index contributed by atoms with van der Waals surface area (Å²) in [4.78, 5) is 10.6. The number of ether oxygens (including phenoxy) is 1. The molecule has 0 N–H and O–H groups in total. The van der Waals surface area contributed by atoms with E-state index >= 15 is 0 Å². The first kappa shape index (κ1) is 13.2. The summed E-state index contributed by atoms with van der Waals surface area (Å²) in [6.45, 7) is 6.20. The van der Waals surface area contributed by atoms with Crippen LogP contribution in [0.5, 0.6) is 5.75 Å². The van der Waals surface area contributed by atoms with Gasteiger partial charge in [0.2, 0.25) is 0 Å². The Kier molecular flexibility index (Phi) is 3.60. The smallest absolute Gasteiger partial charge is 0.149 e. The van der Waals surface area contributed by atoms with Gasteiger partial charge in [-0.1, -0.05) is 6.07 Å². The van der Waals surface area contributed by atoms with Gasteiger partial charge in [0.25, 0.3) is 0 Å². The minimum Gasteiger partial charge on any atom is -0.542 e. The molecule has 1 aromatic heterocycles. The summed E-state index contributed by atoms with van der Waals surface area (Å²) in [7, 11) is 0. The van der Waals surface area contributed by atoms with Crippen LogP contribution in [-0.4, -0.2) is 5.97 Å². The fraction of sp³-hybridized carbons (Fsp3) is 0.267. The van der Waals surface area contributed by atoms with Crippen LogP contribution >= 0.6 is 0 Å². The first-order chi connectivity index (χ1) is 8.97. The molecule has 4 heteroatoms. The molecule has 0 aliphatic heterocycles. The minimum atomic E-state index is -1.33. The van der Waals surface area contributed by atoms with Crippen molar-refractivity contribution >= 4 is 5.97 Å². The molecule has 0 amide bonds. The molecule has 0 atom stereocenters. The predicted molar refractivity (Wildman–Crippen MR) is 68.0 cm³/mol. The van der Waals surface area contributed by atoms with Crippen LogP contribution in [0.4, 0.5) is 0 Å². The Morgan fingerprint density at radius 1 is 1.26 bits per heavy atom. The zero-order valence-corrected chi connectivity index (χ0v) is 11.1. The number of furan rings is 1. The molecule has 0 fully saturated rings. The van der Waals surface area contributed by atoms with Gasteiger partial charge in [-0.05, 0) is 55.7 Å². The van der Waals surface area contributed by atoms with E-state index in [1.165, 1.54) is 6.07 Å². The second-order valence-corrected chi connectivity index (χ2v) is 4.55. The largest absolute Gasteiger partial charge is 0.542 e. The van der Waals surface area contributed by atoms with E-state index in [-0.39, 0.29) is 12.4 Å². The number of rotatable bonds is 4. The second-order valence-electron chi connectivity index (χ2n) is 4.55. The molecule has 0 aliphatic carbocycles. The van der Waals surface area contributed by atoms with Gasteiger partial charge in [-0.2, -0.15) is 0 Å². The molecule has 100 valence electrons. The highest BCUT2D eigenvalue weighted by Crippen LogP contribution is 2.24. The average Bonchev–Trinajstić information content (AvgIpc) is 2.81. The van der Waals surface area contributed by atoms with E-state index < -0.39 is 5.97 Å². The molecule has 0 saturated carbocycles. The average molecular weight is 259 g/mol. The Balaban J connectivity index is 2.12. The van der Waals surface area contributed by atoms with Crippen molar-refractivity contribution < 1.29 is 19.1 Å². The first-order valence-corrected chi connectivity index (χ1v) is 5.98. The number of carbonyl (C=O) groups excluding carboxylic acids is 1. The van der Waals surface area contributed by atoms with E-state index in [2.05, 4.69) is 6.07 Å². The number of carboxylic acids is 1. The highest BCUT2D eigenvalue weighted by molar-refractivity contribution is 5.82. The summed E-state index contributed by atoms with van der Waals surface area (Å²) in [5, 5.41) is 10.6. The molecule has 4 nitrogen and oxygen atoms in total. The SMILES string of the molecule is Cc1cc(C)c(C)c(OCc2ccc(C(=O)[O-])o2)c1. The summed E-state index contributed by atoms with van der Waals surface area (Å²) in [5.74, 6) is -0.272. The Morgan fingerprint density at radius 3 is 2.63 bits per heavy atom. The van der Waals surface area contributed by atoms with Gasteiger partial charge in [-0.25, -0.2) is 0 Å². The standard InChI is InChI=1S/C15H16O4/c1-9-6-10(2)11(3)14(7-9)18-8-12-4-5-13(19-12)15(16)17/h4-7H,8H2,1-3H3,(H,16,17)/p-1. The van der Waals surface area contributed by atoms with Crippen LogP contribution in [0, 0.1) is 20.8 Å². The van der Waals surface area contributed by atoms with Gasteiger partial charge in [0, 0.05) is 0 Å². The van der Waals surface area contributed by atoms with E-state index in [4.69, 9.17) is 9.15 Å². The van der Waals surface area contributed by atoms with Gasteiger partial charge in [0.05, 0.1) is 0 Å². The molecular formula is C15H15O4-. The lowest BCUT2D eigenvalue weighted by atomic mass is 10.1. The normalized spacial score (nSPS) is 10.5. The number of aromatic carboxylic acids is 1. The van der Waals surface area contributed by atoms with E-state index in [1.54, 1.807) is 6.07 Å². The monoisotopic (exact) mass is 259 g/mol. The third-order valence-electron chi connectivity index (χ3n) is 3.00. The maximum absolute atomic E-state index is 10.6. The number of benzene rings is 1. The minimum absolute atomic E-state index is 0.184. The quantitative estimate of drug-likeness (QED) is 0.844. The van der Waals surface area contributed by atoms with E-state index in [9.17, 15) is 9.90 Å². The van der Waals surface area contributed by atoms with E-state index in [1.807, 2.05) is 26.8 Å².